The second-order valence-corrected chi connectivity index (χ2v) is 8.83. The molecule has 1 aliphatic rings. The van der Waals surface area contributed by atoms with Crippen molar-refractivity contribution in [3.63, 3.8) is 0 Å². The molecule has 1 aromatic carbocycles. The van der Waals surface area contributed by atoms with Crippen molar-refractivity contribution >= 4 is 16.1 Å². The lowest BCUT2D eigenvalue weighted by Gasteiger charge is -2.27. The third-order valence-corrected chi connectivity index (χ3v) is 6.48. The third kappa shape index (κ3) is 6.04. The van der Waals surface area contributed by atoms with Crippen molar-refractivity contribution in [2.45, 2.75) is 13.0 Å². The Morgan fingerprint density at radius 3 is 2.54 bits per heavy atom. The van der Waals surface area contributed by atoms with E-state index in [9.17, 15) is 8.42 Å². The van der Waals surface area contributed by atoms with Crippen molar-refractivity contribution in [2.75, 3.05) is 39.4 Å². The van der Waals surface area contributed by atoms with Crippen molar-refractivity contribution < 1.29 is 13.2 Å². The summed E-state index contributed by atoms with van der Waals surface area (Å²) in [6.45, 7) is 5.08. The van der Waals surface area contributed by atoms with E-state index in [2.05, 4.69) is 4.90 Å². The maximum Gasteiger partial charge on any atom is 0.236 e. The van der Waals surface area contributed by atoms with E-state index in [1.54, 1.807) is 10.4 Å². The zero-order valence-corrected chi connectivity index (χ0v) is 17.2. The number of ether oxygens (including phenoxy) is 1. The molecule has 0 saturated carbocycles. The minimum absolute atomic E-state index is 0.369. The molecule has 0 N–H and O–H groups in total. The van der Waals surface area contributed by atoms with Gasteiger partial charge in [0.1, 0.15) is 0 Å². The van der Waals surface area contributed by atoms with E-state index >= 15 is 0 Å². The molecule has 0 atom stereocenters. The first-order valence-corrected chi connectivity index (χ1v) is 11.2. The predicted molar refractivity (Wildman–Crippen MR) is 112 cm³/mol. The van der Waals surface area contributed by atoms with Crippen LogP contribution in [-0.4, -0.2) is 61.6 Å². The normalized spacial score (nSPS) is 16.2. The molecule has 1 aromatic heterocycles. The van der Waals surface area contributed by atoms with E-state index in [1.807, 2.05) is 60.3 Å². The van der Waals surface area contributed by atoms with Crippen LogP contribution in [0.2, 0.25) is 0 Å². The Hall–Kier alpha value is -1.93. The number of hydrogen-bond acceptors (Lipinski definition) is 4. The Morgan fingerprint density at radius 1 is 1.11 bits per heavy atom. The summed E-state index contributed by atoms with van der Waals surface area (Å²) in [5.41, 5.74) is 1.85. The number of morpholine rings is 1. The van der Waals surface area contributed by atoms with Crippen LogP contribution in [0.15, 0.2) is 54.1 Å². The second-order valence-electron chi connectivity index (χ2n) is 7.01. The molecular formula is C21H29N3O3S. The fourth-order valence-corrected chi connectivity index (χ4v) is 4.44. The number of hydrogen-bond donors (Lipinski definition) is 0. The van der Waals surface area contributed by atoms with Gasteiger partial charge in [0.2, 0.25) is 10.0 Å². The van der Waals surface area contributed by atoms with E-state index in [0.29, 0.717) is 13.1 Å². The van der Waals surface area contributed by atoms with Gasteiger partial charge in [-0.3, -0.25) is 4.90 Å². The van der Waals surface area contributed by atoms with Crippen molar-refractivity contribution in [1.29, 1.82) is 0 Å². The van der Waals surface area contributed by atoms with Crippen LogP contribution in [0.5, 0.6) is 0 Å². The van der Waals surface area contributed by atoms with Crippen LogP contribution >= 0.6 is 0 Å². The van der Waals surface area contributed by atoms with Gasteiger partial charge in [-0.1, -0.05) is 30.3 Å². The quantitative estimate of drug-likeness (QED) is 0.646. The third-order valence-electron chi connectivity index (χ3n) is 4.97. The van der Waals surface area contributed by atoms with E-state index in [1.165, 1.54) is 5.41 Å². The molecule has 6 nitrogen and oxygen atoms in total. The minimum atomic E-state index is -3.52. The Bertz CT molecular complexity index is 856. The predicted octanol–water partition coefficient (Wildman–Crippen LogP) is 2.55. The fourth-order valence-electron chi connectivity index (χ4n) is 3.25. The van der Waals surface area contributed by atoms with Crippen LogP contribution in [-0.2, 0) is 28.4 Å². The van der Waals surface area contributed by atoms with Gasteiger partial charge < -0.3 is 9.30 Å². The van der Waals surface area contributed by atoms with Crippen LogP contribution in [0, 0.1) is 0 Å². The van der Waals surface area contributed by atoms with Gasteiger partial charge >= 0.3 is 0 Å². The molecule has 3 rings (SSSR count). The van der Waals surface area contributed by atoms with E-state index in [0.717, 1.165) is 50.5 Å². The van der Waals surface area contributed by atoms with E-state index in [-0.39, 0.29) is 0 Å². The zero-order chi connectivity index (χ0) is 19.8. The van der Waals surface area contributed by atoms with Crippen LogP contribution in [0.4, 0.5) is 0 Å². The van der Waals surface area contributed by atoms with Gasteiger partial charge in [-0.15, -0.1) is 0 Å². The topological polar surface area (TPSA) is 54.8 Å². The summed E-state index contributed by atoms with van der Waals surface area (Å²) in [6.07, 6.45) is 4.39. The van der Waals surface area contributed by atoms with Crippen LogP contribution in [0.1, 0.15) is 17.7 Å². The Kier molecular flexibility index (Phi) is 7.44. The van der Waals surface area contributed by atoms with E-state index < -0.39 is 10.0 Å². The maximum absolute atomic E-state index is 13.0. The number of benzene rings is 1. The highest BCUT2D eigenvalue weighted by Gasteiger charge is 2.21. The molecule has 1 aliphatic heterocycles. The Morgan fingerprint density at radius 2 is 1.86 bits per heavy atom. The Labute approximate surface area is 168 Å². The van der Waals surface area contributed by atoms with Gasteiger partial charge in [-0.05, 0) is 36.7 Å². The average molecular weight is 404 g/mol. The number of rotatable bonds is 9. The minimum Gasteiger partial charge on any atom is -0.379 e. The first-order valence-electron chi connectivity index (χ1n) is 9.68. The summed E-state index contributed by atoms with van der Waals surface area (Å²) < 4.78 is 35.0. The molecule has 152 valence electrons. The molecule has 2 heterocycles. The molecular weight excluding hydrogens is 374 g/mol. The summed E-state index contributed by atoms with van der Waals surface area (Å²) in [6, 6.07) is 13.4. The molecule has 1 fully saturated rings. The van der Waals surface area contributed by atoms with Crippen LogP contribution in [0.3, 0.4) is 0 Å². The molecule has 0 radical (unpaired) electrons. The lowest BCUT2D eigenvalue weighted by atomic mass is 10.2. The van der Waals surface area contributed by atoms with Crippen molar-refractivity contribution in [3.8, 4) is 0 Å². The molecule has 28 heavy (non-hydrogen) atoms. The van der Waals surface area contributed by atoms with Crippen molar-refractivity contribution in [1.82, 2.24) is 13.8 Å². The maximum atomic E-state index is 13.0. The first kappa shape index (κ1) is 20.8. The summed E-state index contributed by atoms with van der Waals surface area (Å²) in [5, 5.41) is 1.32. The Balaban J connectivity index is 1.68. The number of aryl methyl sites for hydroxylation is 1. The van der Waals surface area contributed by atoms with Crippen LogP contribution in [0.25, 0.3) is 6.08 Å². The highest BCUT2D eigenvalue weighted by atomic mass is 32.2. The molecule has 0 amide bonds. The molecule has 1 saturated heterocycles. The standard InChI is InChI=1S/C21H29N3O3S/c1-22-11-5-9-21(22)19-24(13-6-12-23-14-16-27-17-15-23)28(25,26)18-10-20-7-3-2-4-8-20/h2-5,7-11,18H,6,12-17,19H2,1H3/b18-10+. The molecule has 0 spiro atoms. The summed E-state index contributed by atoms with van der Waals surface area (Å²) >= 11 is 0. The zero-order valence-electron chi connectivity index (χ0n) is 16.4. The van der Waals surface area contributed by atoms with Gasteiger partial charge in [0.15, 0.2) is 0 Å². The lowest BCUT2D eigenvalue weighted by Crippen LogP contribution is -2.38. The number of aromatic nitrogens is 1. The molecule has 0 aliphatic carbocycles. The largest absolute Gasteiger partial charge is 0.379 e. The number of nitrogens with zero attached hydrogens (tertiary/aromatic N) is 3. The van der Waals surface area contributed by atoms with Gasteiger partial charge in [-0.2, -0.15) is 4.31 Å². The highest BCUT2D eigenvalue weighted by Crippen LogP contribution is 2.14. The van der Waals surface area contributed by atoms with Crippen molar-refractivity contribution in [3.05, 3.63) is 65.3 Å². The van der Waals surface area contributed by atoms with Gasteiger partial charge in [0.25, 0.3) is 0 Å². The SMILES string of the molecule is Cn1cccc1CN(CCCN1CCOCC1)S(=O)(=O)/C=C/c1ccccc1. The first-order chi connectivity index (χ1) is 13.5. The summed E-state index contributed by atoms with van der Waals surface area (Å²) in [7, 11) is -1.58. The lowest BCUT2D eigenvalue weighted by molar-refractivity contribution is 0.0368. The highest BCUT2D eigenvalue weighted by molar-refractivity contribution is 7.92. The fraction of sp³-hybridized carbons (Fsp3) is 0.429. The summed E-state index contributed by atoms with van der Waals surface area (Å²) in [4.78, 5) is 2.33. The smallest absolute Gasteiger partial charge is 0.236 e. The van der Waals surface area contributed by atoms with Gasteiger partial charge in [-0.25, -0.2) is 8.42 Å². The van der Waals surface area contributed by atoms with Gasteiger partial charge in [0, 0.05) is 44.0 Å². The molecule has 0 bridgehead atoms. The molecule has 0 unspecified atom stereocenters. The summed E-state index contributed by atoms with van der Waals surface area (Å²) in [5.74, 6) is 0. The van der Waals surface area contributed by atoms with Crippen molar-refractivity contribution in [2.24, 2.45) is 7.05 Å². The number of sulfonamides is 1. The monoisotopic (exact) mass is 403 g/mol. The second kappa shape index (κ2) is 10.0. The molecule has 2 aromatic rings. The average Bonchev–Trinajstić information content (AvgIpc) is 3.12. The molecule has 7 heteroatoms. The van der Waals surface area contributed by atoms with E-state index in [4.69, 9.17) is 4.74 Å². The van der Waals surface area contributed by atoms with Gasteiger partial charge in [0.05, 0.1) is 19.8 Å². The van der Waals surface area contributed by atoms with Crippen LogP contribution < -0.4 is 0 Å².